The van der Waals surface area contributed by atoms with Crippen molar-refractivity contribution in [1.82, 2.24) is 0 Å². The molecule has 0 radical (unpaired) electrons. The van der Waals surface area contributed by atoms with Crippen LogP contribution in [0.25, 0.3) is 75.5 Å². The molecule has 1 aliphatic rings. The Labute approximate surface area is 337 Å². The molecule has 0 unspecified atom stereocenters. The van der Waals surface area contributed by atoms with Crippen LogP contribution in [0.15, 0.2) is 200 Å². The molecule has 1 aliphatic carbocycles. The fourth-order valence-corrected chi connectivity index (χ4v) is 10.2. The molecular weight excluding hydrogens is 707 g/mol. The number of para-hydroxylation sites is 1. The Kier molecular flexibility index (Phi) is 7.77. The van der Waals surface area contributed by atoms with E-state index in [0.29, 0.717) is 0 Å². The molecular formula is C55H39NS. The summed E-state index contributed by atoms with van der Waals surface area (Å²) in [5.41, 5.74) is 16.3. The van der Waals surface area contributed by atoms with Crippen LogP contribution < -0.4 is 4.90 Å². The lowest BCUT2D eigenvalue weighted by molar-refractivity contribution is 0.660. The second-order valence-corrected chi connectivity index (χ2v) is 16.8. The number of benzene rings is 9. The van der Waals surface area contributed by atoms with Crippen LogP contribution in [0.2, 0.25) is 0 Å². The van der Waals surface area contributed by atoms with Gasteiger partial charge in [0.25, 0.3) is 0 Å². The lowest BCUT2D eigenvalue weighted by atomic mass is 9.81. The molecule has 270 valence electrons. The summed E-state index contributed by atoms with van der Waals surface area (Å²) >= 11 is 1.88. The zero-order chi connectivity index (χ0) is 38.1. The molecule has 10 aromatic rings. The van der Waals surface area contributed by atoms with Crippen LogP contribution in [-0.4, -0.2) is 0 Å². The van der Waals surface area contributed by atoms with Gasteiger partial charge in [-0.1, -0.05) is 147 Å². The van der Waals surface area contributed by atoms with Crippen molar-refractivity contribution in [2.45, 2.75) is 19.3 Å². The highest BCUT2D eigenvalue weighted by Crippen LogP contribution is 2.50. The summed E-state index contributed by atoms with van der Waals surface area (Å²) in [6.07, 6.45) is 0. The fraction of sp³-hybridized carbons (Fsp3) is 0.0545. The zero-order valence-corrected chi connectivity index (χ0v) is 32.7. The van der Waals surface area contributed by atoms with Crippen LogP contribution in [0.3, 0.4) is 0 Å². The summed E-state index contributed by atoms with van der Waals surface area (Å²) < 4.78 is 2.63. The SMILES string of the molecule is CC1(C)c2ccccc2-c2ccc(-c3ccc4sc5ccc(-c6ccc(N(c7ccccc7)c7ccc(-c8cccc9ccccc89)cc7)cc6)cc5c4c3)cc21. The predicted octanol–water partition coefficient (Wildman–Crippen LogP) is 16.0. The fourth-order valence-electron chi connectivity index (χ4n) is 9.11. The van der Waals surface area contributed by atoms with Crippen molar-refractivity contribution in [3.05, 3.63) is 211 Å². The molecule has 0 aliphatic heterocycles. The molecule has 0 bridgehead atoms. The minimum Gasteiger partial charge on any atom is -0.311 e. The van der Waals surface area contributed by atoms with Crippen molar-refractivity contribution >= 4 is 59.3 Å². The topological polar surface area (TPSA) is 3.24 Å². The molecule has 0 atom stereocenters. The number of hydrogen-bond acceptors (Lipinski definition) is 2. The Morgan fingerprint density at radius 2 is 0.860 bits per heavy atom. The maximum Gasteiger partial charge on any atom is 0.0462 e. The van der Waals surface area contributed by atoms with E-state index in [4.69, 9.17) is 0 Å². The molecule has 1 nitrogen and oxygen atoms in total. The van der Waals surface area contributed by atoms with E-state index in [-0.39, 0.29) is 5.41 Å². The maximum absolute atomic E-state index is 2.43. The minimum atomic E-state index is -0.0214. The largest absolute Gasteiger partial charge is 0.311 e. The molecule has 0 saturated carbocycles. The van der Waals surface area contributed by atoms with Crippen LogP contribution in [0.4, 0.5) is 17.1 Å². The lowest BCUT2D eigenvalue weighted by Crippen LogP contribution is -2.14. The van der Waals surface area contributed by atoms with Gasteiger partial charge in [0, 0.05) is 42.6 Å². The van der Waals surface area contributed by atoms with Gasteiger partial charge in [0.15, 0.2) is 0 Å². The Balaban J connectivity index is 0.927. The van der Waals surface area contributed by atoms with Gasteiger partial charge >= 0.3 is 0 Å². The smallest absolute Gasteiger partial charge is 0.0462 e. The third kappa shape index (κ3) is 5.59. The van der Waals surface area contributed by atoms with Crippen molar-refractivity contribution in [3.8, 4) is 44.5 Å². The zero-order valence-electron chi connectivity index (χ0n) is 31.9. The molecule has 9 aromatic carbocycles. The number of rotatable bonds is 6. The second kappa shape index (κ2) is 13.2. The van der Waals surface area contributed by atoms with Crippen molar-refractivity contribution < 1.29 is 0 Å². The van der Waals surface area contributed by atoms with E-state index < -0.39 is 0 Å². The summed E-state index contributed by atoms with van der Waals surface area (Å²) in [5.74, 6) is 0. The van der Waals surface area contributed by atoms with Gasteiger partial charge in [-0.05, 0) is 133 Å². The summed E-state index contributed by atoms with van der Waals surface area (Å²) in [4.78, 5) is 2.34. The average Bonchev–Trinajstić information content (AvgIpc) is 3.75. The van der Waals surface area contributed by atoms with E-state index in [1.165, 1.54) is 86.6 Å². The van der Waals surface area contributed by atoms with Crippen LogP contribution >= 0.6 is 11.3 Å². The van der Waals surface area contributed by atoms with E-state index in [2.05, 4.69) is 219 Å². The molecule has 0 fully saturated rings. The monoisotopic (exact) mass is 745 g/mol. The first-order chi connectivity index (χ1) is 28.0. The molecule has 11 rings (SSSR count). The van der Waals surface area contributed by atoms with Gasteiger partial charge in [-0.15, -0.1) is 11.3 Å². The van der Waals surface area contributed by atoms with Crippen molar-refractivity contribution in [2.24, 2.45) is 0 Å². The lowest BCUT2D eigenvalue weighted by Gasteiger charge is -2.26. The van der Waals surface area contributed by atoms with Gasteiger partial charge in [0.05, 0.1) is 0 Å². The Hall–Kier alpha value is -6.74. The Morgan fingerprint density at radius 3 is 1.60 bits per heavy atom. The summed E-state index contributed by atoms with van der Waals surface area (Å²) in [5, 5.41) is 5.15. The maximum atomic E-state index is 2.43. The number of hydrogen-bond donors (Lipinski definition) is 0. The number of anilines is 3. The third-order valence-corrected chi connectivity index (χ3v) is 13.2. The van der Waals surface area contributed by atoms with Gasteiger partial charge in [-0.3, -0.25) is 0 Å². The van der Waals surface area contributed by atoms with Gasteiger partial charge in [-0.25, -0.2) is 0 Å². The average molecular weight is 746 g/mol. The molecule has 1 aromatic heterocycles. The van der Waals surface area contributed by atoms with E-state index in [9.17, 15) is 0 Å². The third-order valence-electron chi connectivity index (χ3n) is 12.1. The summed E-state index contributed by atoms with van der Waals surface area (Å²) in [7, 11) is 0. The molecule has 0 saturated heterocycles. The van der Waals surface area contributed by atoms with E-state index in [0.717, 1.165) is 17.1 Å². The number of thiophene rings is 1. The van der Waals surface area contributed by atoms with Gasteiger partial charge in [-0.2, -0.15) is 0 Å². The Bertz CT molecular complexity index is 3130. The van der Waals surface area contributed by atoms with Crippen LogP contribution in [-0.2, 0) is 5.41 Å². The van der Waals surface area contributed by atoms with Gasteiger partial charge in [0.1, 0.15) is 0 Å². The first kappa shape index (κ1) is 33.6. The molecule has 0 spiro atoms. The molecule has 2 heteroatoms. The predicted molar refractivity (Wildman–Crippen MR) is 245 cm³/mol. The normalized spacial score (nSPS) is 12.9. The highest BCUT2D eigenvalue weighted by atomic mass is 32.1. The number of nitrogens with zero attached hydrogens (tertiary/aromatic N) is 1. The number of fused-ring (bicyclic) bond motifs is 7. The highest BCUT2D eigenvalue weighted by molar-refractivity contribution is 7.25. The molecule has 0 amide bonds. The van der Waals surface area contributed by atoms with Crippen LogP contribution in [0.5, 0.6) is 0 Å². The quantitative estimate of drug-likeness (QED) is 0.164. The van der Waals surface area contributed by atoms with Crippen molar-refractivity contribution in [2.75, 3.05) is 4.90 Å². The van der Waals surface area contributed by atoms with Crippen LogP contribution in [0.1, 0.15) is 25.0 Å². The van der Waals surface area contributed by atoms with E-state index in [1.807, 2.05) is 11.3 Å². The summed E-state index contributed by atoms with van der Waals surface area (Å²) in [6.45, 7) is 4.71. The summed E-state index contributed by atoms with van der Waals surface area (Å²) in [6, 6.07) is 73.7. The van der Waals surface area contributed by atoms with E-state index >= 15 is 0 Å². The van der Waals surface area contributed by atoms with Crippen LogP contribution in [0, 0.1) is 0 Å². The standard InChI is InChI=1S/C55H39NS/c1-55(2)51-18-9-8-16-47(51)48-30-23-41(35-52(48)55)40-25-32-54-50(34-40)49-33-39(24-31-53(49)57-54)36-19-26-43(27-20-36)56(42-13-4-3-5-14-42)44-28-21-38(22-29-44)46-17-10-12-37-11-6-7-15-45(37)46/h3-35H,1-2H3. The van der Waals surface area contributed by atoms with Crippen molar-refractivity contribution in [1.29, 1.82) is 0 Å². The first-order valence-corrected chi connectivity index (χ1v) is 20.6. The molecule has 0 N–H and O–H groups in total. The highest BCUT2D eigenvalue weighted by Gasteiger charge is 2.35. The first-order valence-electron chi connectivity index (χ1n) is 19.7. The van der Waals surface area contributed by atoms with Gasteiger partial charge in [0.2, 0.25) is 0 Å². The van der Waals surface area contributed by atoms with E-state index in [1.54, 1.807) is 0 Å². The van der Waals surface area contributed by atoms with Gasteiger partial charge < -0.3 is 4.90 Å². The minimum absolute atomic E-state index is 0.0214. The van der Waals surface area contributed by atoms with Crippen molar-refractivity contribution in [3.63, 3.8) is 0 Å². The molecule has 1 heterocycles. The molecule has 57 heavy (non-hydrogen) atoms. The Morgan fingerprint density at radius 1 is 0.351 bits per heavy atom. The second-order valence-electron chi connectivity index (χ2n) is 15.7.